The molecule has 0 radical (unpaired) electrons. The molecule has 0 saturated heterocycles. The summed E-state index contributed by atoms with van der Waals surface area (Å²) >= 11 is 6.40. The molecule has 0 aromatic heterocycles. The monoisotopic (exact) mass is 469 g/mol. The van der Waals surface area contributed by atoms with Gasteiger partial charge in [0.2, 0.25) is 5.75 Å². The predicted octanol–water partition coefficient (Wildman–Crippen LogP) is 5.42. The summed E-state index contributed by atoms with van der Waals surface area (Å²) in [7, 11) is 0. The van der Waals surface area contributed by atoms with Gasteiger partial charge in [0.1, 0.15) is 5.75 Å². The van der Waals surface area contributed by atoms with E-state index in [1.165, 1.54) is 6.07 Å². The zero-order valence-electron chi connectivity index (χ0n) is 11.6. The first-order chi connectivity index (χ1) is 11.1. The standard InChI is InChI=1S/C14H8Br2F3NO4/c15-9-3-7(6-21)13(10(16)5-9)24-12-2-1-8(14(17,18)19)4-11(12)20(22)23/h1-5,21H,6H2. The van der Waals surface area contributed by atoms with E-state index in [0.717, 1.165) is 6.07 Å². The van der Waals surface area contributed by atoms with Crippen LogP contribution in [0, 0.1) is 10.1 Å². The van der Waals surface area contributed by atoms with Crippen molar-refractivity contribution < 1.29 is 27.9 Å². The molecule has 24 heavy (non-hydrogen) atoms. The average molecular weight is 471 g/mol. The van der Waals surface area contributed by atoms with Crippen LogP contribution in [0.3, 0.4) is 0 Å². The van der Waals surface area contributed by atoms with Crippen molar-refractivity contribution in [3.8, 4) is 11.5 Å². The van der Waals surface area contributed by atoms with E-state index in [0.29, 0.717) is 26.6 Å². The second-order valence-electron chi connectivity index (χ2n) is 4.57. The molecule has 10 heteroatoms. The molecule has 0 fully saturated rings. The molecular weight excluding hydrogens is 463 g/mol. The Morgan fingerprint density at radius 2 is 1.88 bits per heavy atom. The molecule has 0 aliphatic carbocycles. The second kappa shape index (κ2) is 7.08. The normalized spacial score (nSPS) is 11.4. The van der Waals surface area contributed by atoms with Crippen molar-refractivity contribution in [2.24, 2.45) is 0 Å². The Balaban J connectivity index is 2.53. The maximum atomic E-state index is 12.7. The van der Waals surface area contributed by atoms with Crippen LogP contribution in [0.25, 0.3) is 0 Å². The smallest absolute Gasteiger partial charge is 0.416 e. The lowest BCUT2D eigenvalue weighted by Crippen LogP contribution is -2.06. The summed E-state index contributed by atoms with van der Waals surface area (Å²) < 4.78 is 44.5. The number of hydrogen-bond donors (Lipinski definition) is 1. The Morgan fingerprint density at radius 1 is 1.21 bits per heavy atom. The second-order valence-corrected chi connectivity index (χ2v) is 6.34. The summed E-state index contributed by atoms with van der Waals surface area (Å²) in [5.74, 6) is -0.297. The molecule has 0 bridgehead atoms. The van der Waals surface area contributed by atoms with Crippen molar-refractivity contribution in [2.45, 2.75) is 12.8 Å². The van der Waals surface area contributed by atoms with Crippen LogP contribution in [0.15, 0.2) is 39.3 Å². The summed E-state index contributed by atoms with van der Waals surface area (Å²) in [6.07, 6.45) is -4.71. The fourth-order valence-electron chi connectivity index (χ4n) is 1.88. The van der Waals surface area contributed by atoms with Crippen LogP contribution in [0.1, 0.15) is 11.1 Å². The molecular formula is C14H8Br2F3NO4. The van der Waals surface area contributed by atoms with E-state index in [2.05, 4.69) is 31.9 Å². The molecule has 2 aromatic rings. The number of aliphatic hydroxyl groups excluding tert-OH is 1. The molecule has 0 aliphatic rings. The van der Waals surface area contributed by atoms with Gasteiger partial charge in [-0.3, -0.25) is 10.1 Å². The van der Waals surface area contributed by atoms with Crippen LogP contribution in [-0.4, -0.2) is 10.0 Å². The Hall–Kier alpha value is -1.65. The van der Waals surface area contributed by atoms with Gasteiger partial charge < -0.3 is 9.84 Å². The first kappa shape index (κ1) is 18.7. The number of rotatable bonds is 4. The molecule has 0 unspecified atom stereocenters. The summed E-state index contributed by atoms with van der Waals surface area (Å²) in [5.41, 5.74) is -1.69. The van der Waals surface area contributed by atoms with Gasteiger partial charge in [0, 0.05) is 16.1 Å². The molecule has 0 spiro atoms. The molecule has 0 atom stereocenters. The number of nitrogens with zero attached hydrogens (tertiary/aromatic N) is 1. The molecule has 2 rings (SSSR count). The highest BCUT2D eigenvalue weighted by molar-refractivity contribution is 9.11. The average Bonchev–Trinajstić information content (AvgIpc) is 2.48. The van der Waals surface area contributed by atoms with Gasteiger partial charge in [-0.15, -0.1) is 0 Å². The number of halogens is 5. The molecule has 128 valence electrons. The van der Waals surface area contributed by atoms with Gasteiger partial charge in [-0.05, 0) is 40.2 Å². The molecule has 1 N–H and O–H groups in total. The van der Waals surface area contributed by atoms with Crippen molar-refractivity contribution in [2.75, 3.05) is 0 Å². The van der Waals surface area contributed by atoms with E-state index in [1.807, 2.05) is 0 Å². The molecule has 0 heterocycles. The van der Waals surface area contributed by atoms with Gasteiger partial charge >= 0.3 is 11.9 Å². The number of hydrogen-bond acceptors (Lipinski definition) is 4. The topological polar surface area (TPSA) is 72.6 Å². The van der Waals surface area contributed by atoms with E-state index in [-0.39, 0.29) is 11.5 Å². The Morgan fingerprint density at radius 3 is 2.42 bits per heavy atom. The van der Waals surface area contributed by atoms with E-state index in [1.54, 1.807) is 6.07 Å². The van der Waals surface area contributed by atoms with Crippen molar-refractivity contribution >= 4 is 37.5 Å². The first-order valence-corrected chi connectivity index (χ1v) is 7.84. The maximum Gasteiger partial charge on any atom is 0.416 e. The van der Waals surface area contributed by atoms with E-state index in [4.69, 9.17) is 4.74 Å². The minimum Gasteiger partial charge on any atom is -0.449 e. The molecule has 0 saturated carbocycles. The third kappa shape index (κ3) is 4.05. The first-order valence-electron chi connectivity index (χ1n) is 6.25. The summed E-state index contributed by atoms with van der Waals surface area (Å²) in [6.45, 7) is -0.429. The number of nitro benzene ring substituents is 1. The number of ether oxygens (including phenoxy) is 1. The molecule has 0 amide bonds. The highest BCUT2D eigenvalue weighted by Gasteiger charge is 2.33. The van der Waals surface area contributed by atoms with Gasteiger partial charge in [0.25, 0.3) is 0 Å². The lowest BCUT2D eigenvalue weighted by atomic mass is 10.1. The van der Waals surface area contributed by atoms with Crippen LogP contribution in [0.5, 0.6) is 11.5 Å². The van der Waals surface area contributed by atoms with Crippen molar-refractivity contribution in [1.29, 1.82) is 0 Å². The highest BCUT2D eigenvalue weighted by atomic mass is 79.9. The van der Waals surface area contributed by atoms with E-state index >= 15 is 0 Å². The Kier molecular flexibility index (Phi) is 5.51. The van der Waals surface area contributed by atoms with Crippen LogP contribution in [0.4, 0.5) is 18.9 Å². The van der Waals surface area contributed by atoms with Gasteiger partial charge in [-0.25, -0.2) is 0 Å². The zero-order valence-corrected chi connectivity index (χ0v) is 14.8. The Labute approximate surface area is 150 Å². The number of alkyl halides is 3. The van der Waals surface area contributed by atoms with Crippen LogP contribution >= 0.6 is 31.9 Å². The number of nitro groups is 1. The van der Waals surface area contributed by atoms with Gasteiger partial charge in [-0.2, -0.15) is 13.2 Å². The van der Waals surface area contributed by atoms with E-state index in [9.17, 15) is 28.4 Å². The third-order valence-electron chi connectivity index (χ3n) is 2.95. The maximum absolute atomic E-state index is 12.7. The minimum atomic E-state index is -4.71. The van der Waals surface area contributed by atoms with E-state index < -0.39 is 29.0 Å². The molecule has 0 aliphatic heterocycles. The van der Waals surface area contributed by atoms with Crippen LogP contribution in [-0.2, 0) is 12.8 Å². The van der Waals surface area contributed by atoms with Crippen molar-refractivity contribution in [3.63, 3.8) is 0 Å². The lowest BCUT2D eigenvalue weighted by Gasteiger charge is -2.14. The quantitative estimate of drug-likeness (QED) is 0.478. The summed E-state index contributed by atoms with van der Waals surface area (Å²) in [6, 6.07) is 5.06. The van der Waals surface area contributed by atoms with Crippen molar-refractivity contribution in [3.05, 3.63) is 60.5 Å². The van der Waals surface area contributed by atoms with Crippen molar-refractivity contribution in [1.82, 2.24) is 0 Å². The van der Waals surface area contributed by atoms with Crippen LogP contribution in [0.2, 0.25) is 0 Å². The van der Waals surface area contributed by atoms with Gasteiger partial charge in [-0.1, -0.05) is 15.9 Å². The fourth-order valence-corrected chi connectivity index (χ4v) is 3.27. The number of benzene rings is 2. The fraction of sp³-hybridized carbons (Fsp3) is 0.143. The largest absolute Gasteiger partial charge is 0.449 e. The highest BCUT2D eigenvalue weighted by Crippen LogP contribution is 2.41. The predicted molar refractivity (Wildman–Crippen MR) is 85.9 cm³/mol. The van der Waals surface area contributed by atoms with Crippen LogP contribution < -0.4 is 4.74 Å². The van der Waals surface area contributed by atoms with Gasteiger partial charge in [0.05, 0.1) is 21.6 Å². The lowest BCUT2D eigenvalue weighted by molar-refractivity contribution is -0.385. The van der Waals surface area contributed by atoms with Gasteiger partial charge in [0.15, 0.2) is 0 Å². The third-order valence-corrected chi connectivity index (χ3v) is 4.00. The minimum absolute atomic E-state index is 0.0727. The molecule has 2 aromatic carbocycles. The SMILES string of the molecule is O=[N+]([O-])c1cc(C(F)(F)F)ccc1Oc1c(Br)cc(Br)cc1CO. The summed E-state index contributed by atoms with van der Waals surface area (Å²) in [4.78, 5) is 10.1. The number of aliphatic hydroxyl groups is 1. The molecule has 5 nitrogen and oxygen atoms in total. The summed E-state index contributed by atoms with van der Waals surface area (Å²) in [5, 5.41) is 20.4. The zero-order chi connectivity index (χ0) is 18.1. The Bertz CT molecular complexity index is 796.